The van der Waals surface area contributed by atoms with Crippen molar-refractivity contribution in [3.05, 3.63) is 0 Å². The Hall–Kier alpha value is -1.39. The molecule has 0 aromatic heterocycles. The van der Waals surface area contributed by atoms with Crippen LogP contribution in [0.1, 0.15) is 39.0 Å². The van der Waals surface area contributed by atoms with Crippen LogP contribution in [0.3, 0.4) is 0 Å². The van der Waals surface area contributed by atoms with Crippen molar-refractivity contribution in [2.45, 2.75) is 45.1 Å². The van der Waals surface area contributed by atoms with Crippen LogP contribution in [0.15, 0.2) is 0 Å². The first kappa shape index (κ1) is 14.6. The van der Waals surface area contributed by atoms with Crippen LogP contribution in [0.2, 0.25) is 0 Å². The molecule has 92 valence electrons. The van der Waals surface area contributed by atoms with Gasteiger partial charge in [-0.3, -0.25) is 0 Å². The first-order valence-electron chi connectivity index (χ1n) is 5.56. The van der Waals surface area contributed by atoms with E-state index in [0.29, 0.717) is 32.2 Å². The summed E-state index contributed by atoms with van der Waals surface area (Å²) in [6.07, 6.45) is 4.09. The molecule has 0 bridgehead atoms. The molecule has 1 N–H and O–H groups in total. The molecule has 0 radical (unpaired) electrons. The second-order valence-electron chi connectivity index (χ2n) is 3.47. The van der Waals surface area contributed by atoms with Crippen LogP contribution in [0, 0.1) is 0 Å². The van der Waals surface area contributed by atoms with Crippen LogP contribution in [0.5, 0.6) is 0 Å². The third-order valence-electron chi connectivity index (χ3n) is 2.04. The molecule has 0 heterocycles. The summed E-state index contributed by atoms with van der Waals surface area (Å²) in [7, 11) is 0. The molecular weight excluding hydrogens is 210 g/mol. The molecule has 16 heavy (non-hydrogen) atoms. The number of nitrogens with one attached hydrogen (secondary N) is 1. The van der Waals surface area contributed by atoms with E-state index < -0.39 is 12.1 Å². The third kappa shape index (κ3) is 7.96. The maximum Gasteiger partial charge on any atom is 0.407 e. The second kappa shape index (κ2) is 10.1. The molecule has 0 aromatic rings. The van der Waals surface area contributed by atoms with Crippen molar-refractivity contribution in [1.29, 1.82) is 0 Å². The van der Waals surface area contributed by atoms with Crippen molar-refractivity contribution < 1.29 is 19.1 Å². The van der Waals surface area contributed by atoms with Crippen molar-refractivity contribution in [3.8, 4) is 0 Å². The van der Waals surface area contributed by atoms with Gasteiger partial charge in [-0.25, -0.2) is 4.79 Å². The lowest BCUT2D eigenvalue weighted by Crippen LogP contribution is -2.36. The van der Waals surface area contributed by atoms with E-state index in [9.17, 15) is 14.4 Å². The molecule has 0 fully saturated rings. The molecule has 5 nitrogen and oxygen atoms in total. The Morgan fingerprint density at radius 3 is 2.69 bits per heavy atom. The fourth-order valence-corrected chi connectivity index (χ4v) is 1.10. The standard InChI is InChI=1S/C11H19NO4/c1-2-3-8-16-11(15)12-10(9-14)6-4-5-7-13/h7,9-10H,2-6,8H2,1H3,(H,12,15). The van der Waals surface area contributed by atoms with Gasteiger partial charge in [-0.1, -0.05) is 13.3 Å². The SMILES string of the molecule is CCCCOC(=O)NC(C=O)CCCC=O. The Morgan fingerprint density at radius 2 is 2.12 bits per heavy atom. The lowest BCUT2D eigenvalue weighted by atomic mass is 10.1. The van der Waals surface area contributed by atoms with Gasteiger partial charge >= 0.3 is 6.09 Å². The van der Waals surface area contributed by atoms with E-state index in [1.54, 1.807) is 0 Å². The van der Waals surface area contributed by atoms with Gasteiger partial charge < -0.3 is 19.6 Å². The number of alkyl carbamates (subject to hydrolysis) is 1. The van der Waals surface area contributed by atoms with Gasteiger partial charge in [0.05, 0.1) is 12.6 Å². The van der Waals surface area contributed by atoms with Gasteiger partial charge in [0.15, 0.2) is 0 Å². The lowest BCUT2D eigenvalue weighted by Gasteiger charge is -2.11. The Kier molecular flexibility index (Phi) is 9.26. The molecule has 0 rings (SSSR count). The summed E-state index contributed by atoms with van der Waals surface area (Å²) in [5.41, 5.74) is 0. The van der Waals surface area contributed by atoms with Crippen LogP contribution in [0.25, 0.3) is 0 Å². The fourth-order valence-electron chi connectivity index (χ4n) is 1.10. The monoisotopic (exact) mass is 229 g/mol. The van der Waals surface area contributed by atoms with Gasteiger partial charge in [-0.15, -0.1) is 0 Å². The van der Waals surface area contributed by atoms with E-state index in [1.807, 2.05) is 6.92 Å². The van der Waals surface area contributed by atoms with Crippen LogP contribution in [-0.4, -0.2) is 31.3 Å². The van der Waals surface area contributed by atoms with Gasteiger partial charge in [0.25, 0.3) is 0 Å². The number of hydrogen-bond acceptors (Lipinski definition) is 4. The highest BCUT2D eigenvalue weighted by Crippen LogP contribution is 1.98. The van der Waals surface area contributed by atoms with Crippen molar-refractivity contribution in [3.63, 3.8) is 0 Å². The van der Waals surface area contributed by atoms with Crippen molar-refractivity contribution >= 4 is 18.7 Å². The molecule has 0 aliphatic carbocycles. The summed E-state index contributed by atoms with van der Waals surface area (Å²) in [6.45, 7) is 2.36. The van der Waals surface area contributed by atoms with E-state index in [4.69, 9.17) is 4.74 Å². The first-order chi connectivity index (χ1) is 7.74. The zero-order chi connectivity index (χ0) is 12.2. The Morgan fingerprint density at radius 1 is 1.38 bits per heavy atom. The number of carbonyl (C=O) groups is 3. The quantitative estimate of drug-likeness (QED) is 0.479. The van der Waals surface area contributed by atoms with Crippen LogP contribution in [-0.2, 0) is 14.3 Å². The molecular formula is C11H19NO4. The number of ether oxygens (including phenoxy) is 1. The highest BCUT2D eigenvalue weighted by atomic mass is 16.5. The first-order valence-corrected chi connectivity index (χ1v) is 5.56. The van der Waals surface area contributed by atoms with Crippen molar-refractivity contribution in [2.24, 2.45) is 0 Å². The van der Waals surface area contributed by atoms with Gasteiger partial charge in [-0.2, -0.15) is 0 Å². The second-order valence-corrected chi connectivity index (χ2v) is 3.47. The maximum absolute atomic E-state index is 11.2. The van der Waals surface area contributed by atoms with E-state index in [1.165, 1.54) is 0 Å². The number of carbonyl (C=O) groups excluding carboxylic acids is 3. The van der Waals surface area contributed by atoms with Crippen LogP contribution >= 0.6 is 0 Å². The number of unbranched alkanes of at least 4 members (excludes halogenated alkanes) is 2. The van der Waals surface area contributed by atoms with Crippen LogP contribution < -0.4 is 5.32 Å². The minimum Gasteiger partial charge on any atom is -0.450 e. The van der Waals surface area contributed by atoms with Crippen molar-refractivity contribution in [2.75, 3.05) is 6.61 Å². The predicted molar refractivity (Wildman–Crippen MR) is 59.2 cm³/mol. The molecule has 1 atom stereocenters. The van der Waals surface area contributed by atoms with E-state index in [-0.39, 0.29) is 0 Å². The van der Waals surface area contributed by atoms with Gasteiger partial charge in [-0.05, 0) is 19.3 Å². The van der Waals surface area contributed by atoms with E-state index >= 15 is 0 Å². The zero-order valence-electron chi connectivity index (χ0n) is 9.61. The lowest BCUT2D eigenvalue weighted by molar-refractivity contribution is -0.110. The van der Waals surface area contributed by atoms with Gasteiger partial charge in [0, 0.05) is 6.42 Å². The Bertz CT molecular complexity index is 218. The third-order valence-corrected chi connectivity index (χ3v) is 2.04. The summed E-state index contributed by atoms with van der Waals surface area (Å²) >= 11 is 0. The topological polar surface area (TPSA) is 72.5 Å². The fraction of sp³-hybridized carbons (Fsp3) is 0.727. The smallest absolute Gasteiger partial charge is 0.407 e. The molecule has 0 aliphatic rings. The molecule has 1 unspecified atom stereocenters. The summed E-state index contributed by atoms with van der Waals surface area (Å²) in [5.74, 6) is 0. The maximum atomic E-state index is 11.2. The number of hydrogen-bond donors (Lipinski definition) is 1. The average molecular weight is 229 g/mol. The number of amides is 1. The Labute approximate surface area is 95.5 Å². The molecule has 0 spiro atoms. The van der Waals surface area contributed by atoms with E-state index in [2.05, 4.69) is 5.32 Å². The highest BCUT2D eigenvalue weighted by molar-refractivity contribution is 5.73. The number of rotatable bonds is 9. The molecule has 0 saturated carbocycles. The largest absolute Gasteiger partial charge is 0.450 e. The molecule has 0 aromatic carbocycles. The summed E-state index contributed by atoms with van der Waals surface area (Å²) in [6, 6.07) is -0.561. The Balaban J connectivity index is 3.69. The number of aldehydes is 2. The molecule has 5 heteroatoms. The summed E-state index contributed by atoms with van der Waals surface area (Å²) in [4.78, 5) is 31.8. The highest BCUT2D eigenvalue weighted by Gasteiger charge is 2.11. The van der Waals surface area contributed by atoms with Gasteiger partial charge in [0.2, 0.25) is 0 Å². The summed E-state index contributed by atoms with van der Waals surface area (Å²) < 4.78 is 4.84. The molecule has 0 aliphatic heterocycles. The van der Waals surface area contributed by atoms with Crippen molar-refractivity contribution in [1.82, 2.24) is 5.32 Å². The van der Waals surface area contributed by atoms with Gasteiger partial charge in [0.1, 0.15) is 12.6 Å². The minimum atomic E-state index is -0.573. The summed E-state index contributed by atoms with van der Waals surface area (Å²) in [5, 5.41) is 2.44. The predicted octanol–water partition coefficient (Wildman–Crippen LogP) is 1.45. The molecule has 1 amide bonds. The molecule has 0 saturated heterocycles. The average Bonchev–Trinajstić information content (AvgIpc) is 2.28. The minimum absolute atomic E-state index is 0.363. The zero-order valence-corrected chi connectivity index (χ0v) is 9.61. The normalized spacial score (nSPS) is 11.6. The van der Waals surface area contributed by atoms with Crippen LogP contribution in [0.4, 0.5) is 4.79 Å². The van der Waals surface area contributed by atoms with E-state index in [0.717, 1.165) is 19.1 Å².